The molecule has 0 saturated heterocycles. The van der Waals surface area contributed by atoms with E-state index >= 15 is 0 Å². The minimum absolute atomic E-state index is 0.111. The van der Waals surface area contributed by atoms with Crippen LogP contribution in [-0.4, -0.2) is 11.0 Å². The molecule has 98 valence electrons. The lowest BCUT2D eigenvalue weighted by Gasteiger charge is -2.09. The Balaban J connectivity index is 2.25. The van der Waals surface area contributed by atoms with E-state index in [0.29, 0.717) is 5.69 Å². The van der Waals surface area contributed by atoms with Gasteiger partial charge in [-0.2, -0.15) is 0 Å². The highest BCUT2D eigenvalue weighted by Gasteiger charge is 2.13. The van der Waals surface area contributed by atoms with Gasteiger partial charge < -0.3 is 10.4 Å². The Bertz CT molecular complexity index is 643. The van der Waals surface area contributed by atoms with Gasteiger partial charge in [0.1, 0.15) is 11.6 Å². The van der Waals surface area contributed by atoms with Crippen LogP contribution < -0.4 is 5.32 Å². The van der Waals surface area contributed by atoms with Crippen molar-refractivity contribution < 1.29 is 14.3 Å². The Labute approximate surface area is 118 Å². The largest absolute Gasteiger partial charge is 0.508 e. The van der Waals surface area contributed by atoms with Crippen LogP contribution in [-0.2, 0) is 0 Å². The van der Waals surface area contributed by atoms with Crippen molar-refractivity contribution in [3.63, 3.8) is 0 Å². The summed E-state index contributed by atoms with van der Waals surface area (Å²) in [5, 5.41) is 11.7. The lowest BCUT2D eigenvalue weighted by Crippen LogP contribution is -2.14. The summed E-state index contributed by atoms with van der Waals surface area (Å²) < 4.78 is 14.4. The molecule has 0 heterocycles. The molecular weight excluding hydrogens is 313 g/mol. The molecule has 0 aromatic heterocycles. The van der Waals surface area contributed by atoms with E-state index in [9.17, 15) is 9.18 Å². The van der Waals surface area contributed by atoms with Crippen molar-refractivity contribution in [2.75, 3.05) is 5.32 Å². The molecule has 2 N–H and O–H groups in total. The lowest BCUT2D eigenvalue weighted by molar-refractivity contribution is 0.102. The van der Waals surface area contributed by atoms with E-state index in [1.807, 2.05) is 13.0 Å². The first-order valence-corrected chi connectivity index (χ1v) is 6.32. The molecule has 0 bridgehead atoms. The molecular formula is C14H11BrFNO2. The number of hydrogen-bond donors (Lipinski definition) is 2. The highest BCUT2D eigenvalue weighted by atomic mass is 79.9. The molecule has 0 saturated carbocycles. The minimum atomic E-state index is -0.757. The number of rotatable bonds is 2. The molecule has 3 nitrogen and oxygen atoms in total. The summed E-state index contributed by atoms with van der Waals surface area (Å²) in [6, 6.07) is 8.79. The smallest absolute Gasteiger partial charge is 0.258 e. The third kappa shape index (κ3) is 3.12. The number of hydrogen-bond acceptors (Lipinski definition) is 2. The minimum Gasteiger partial charge on any atom is -0.508 e. The van der Waals surface area contributed by atoms with Crippen LogP contribution in [0.5, 0.6) is 5.75 Å². The van der Waals surface area contributed by atoms with E-state index in [0.717, 1.165) is 16.1 Å². The summed E-state index contributed by atoms with van der Waals surface area (Å²) in [4.78, 5) is 11.9. The molecule has 19 heavy (non-hydrogen) atoms. The number of carbonyl (C=O) groups excluding carboxylic acids is 1. The van der Waals surface area contributed by atoms with Gasteiger partial charge in [-0.25, -0.2) is 4.39 Å². The molecule has 0 aliphatic rings. The van der Waals surface area contributed by atoms with E-state index in [-0.39, 0.29) is 11.3 Å². The number of phenolic OH excluding ortho intramolecular Hbond substituents is 1. The highest BCUT2D eigenvalue weighted by Crippen LogP contribution is 2.22. The molecule has 5 heteroatoms. The van der Waals surface area contributed by atoms with E-state index in [4.69, 9.17) is 5.11 Å². The third-order valence-corrected chi connectivity index (χ3v) is 3.13. The maximum atomic E-state index is 13.5. The molecule has 0 spiro atoms. The van der Waals surface area contributed by atoms with Gasteiger partial charge in [0.05, 0.1) is 5.56 Å². The summed E-state index contributed by atoms with van der Waals surface area (Å²) in [6.45, 7) is 1.84. The predicted molar refractivity (Wildman–Crippen MR) is 74.9 cm³/mol. The van der Waals surface area contributed by atoms with Crippen LogP contribution in [0.15, 0.2) is 40.9 Å². The molecule has 0 radical (unpaired) electrons. The van der Waals surface area contributed by atoms with Gasteiger partial charge in [-0.1, -0.05) is 15.9 Å². The maximum absolute atomic E-state index is 13.5. The van der Waals surface area contributed by atoms with Gasteiger partial charge in [0.2, 0.25) is 0 Å². The lowest BCUT2D eigenvalue weighted by atomic mass is 10.1. The van der Waals surface area contributed by atoms with Crippen LogP contribution >= 0.6 is 15.9 Å². The van der Waals surface area contributed by atoms with Crippen LogP contribution in [0, 0.1) is 12.7 Å². The van der Waals surface area contributed by atoms with Crippen LogP contribution in [0.2, 0.25) is 0 Å². The Hall–Kier alpha value is -1.88. The normalized spacial score (nSPS) is 10.3. The zero-order valence-corrected chi connectivity index (χ0v) is 11.7. The van der Waals surface area contributed by atoms with E-state index < -0.39 is 11.7 Å². The van der Waals surface area contributed by atoms with Gasteiger partial charge in [0.25, 0.3) is 5.91 Å². The van der Waals surface area contributed by atoms with Crippen LogP contribution in [0.4, 0.5) is 10.1 Å². The number of nitrogens with one attached hydrogen (secondary N) is 1. The Morgan fingerprint density at radius 3 is 2.63 bits per heavy atom. The van der Waals surface area contributed by atoms with E-state index in [1.54, 1.807) is 12.1 Å². The molecule has 0 unspecified atom stereocenters. The molecule has 0 atom stereocenters. The van der Waals surface area contributed by atoms with Crippen molar-refractivity contribution in [3.05, 3.63) is 57.8 Å². The fourth-order valence-electron chi connectivity index (χ4n) is 1.65. The quantitative estimate of drug-likeness (QED) is 0.881. The zero-order chi connectivity index (χ0) is 14.0. The number of benzene rings is 2. The van der Waals surface area contributed by atoms with Crippen molar-refractivity contribution in [2.45, 2.75) is 6.92 Å². The number of aryl methyl sites for hydroxylation is 1. The molecule has 0 aliphatic carbocycles. The van der Waals surface area contributed by atoms with Gasteiger partial charge in [0, 0.05) is 16.2 Å². The second-order valence-electron chi connectivity index (χ2n) is 4.08. The summed E-state index contributed by atoms with van der Waals surface area (Å²) in [6.07, 6.45) is 0. The van der Waals surface area contributed by atoms with Gasteiger partial charge >= 0.3 is 0 Å². The van der Waals surface area contributed by atoms with Gasteiger partial charge in [0.15, 0.2) is 0 Å². The number of amides is 1. The van der Waals surface area contributed by atoms with E-state index in [2.05, 4.69) is 21.2 Å². The SMILES string of the molecule is Cc1cc(Br)ccc1NC(=O)c1ccc(O)cc1F. The standard InChI is InChI=1S/C14H11BrFNO2/c1-8-6-9(15)2-5-13(8)17-14(19)11-4-3-10(18)7-12(11)16/h2-7,18H,1H3,(H,17,19). The number of carbonyl (C=O) groups is 1. The second kappa shape index (κ2) is 5.40. The van der Waals surface area contributed by atoms with Crippen molar-refractivity contribution in [1.29, 1.82) is 0 Å². The number of aromatic hydroxyl groups is 1. The number of phenols is 1. The van der Waals surface area contributed by atoms with Crippen molar-refractivity contribution >= 4 is 27.5 Å². The van der Waals surface area contributed by atoms with Crippen molar-refractivity contribution in [2.24, 2.45) is 0 Å². The fourth-order valence-corrected chi connectivity index (χ4v) is 2.12. The van der Waals surface area contributed by atoms with Crippen LogP contribution in [0.1, 0.15) is 15.9 Å². The van der Waals surface area contributed by atoms with E-state index in [1.165, 1.54) is 12.1 Å². The molecule has 0 fully saturated rings. The van der Waals surface area contributed by atoms with Crippen LogP contribution in [0.3, 0.4) is 0 Å². The number of halogens is 2. The molecule has 2 aromatic rings. The number of anilines is 1. The average molecular weight is 324 g/mol. The maximum Gasteiger partial charge on any atom is 0.258 e. The molecule has 1 amide bonds. The Morgan fingerprint density at radius 1 is 1.26 bits per heavy atom. The van der Waals surface area contributed by atoms with Gasteiger partial charge in [-0.3, -0.25) is 4.79 Å². The average Bonchev–Trinajstić information content (AvgIpc) is 2.32. The van der Waals surface area contributed by atoms with Gasteiger partial charge in [-0.15, -0.1) is 0 Å². The summed E-state index contributed by atoms with van der Waals surface area (Å²) in [5.41, 5.74) is 1.36. The second-order valence-corrected chi connectivity index (χ2v) is 4.99. The summed E-state index contributed by atoms with van der Waals surface area (Å²) >= 11 is 3.33. The third-order valence-electron chi connectivity index (χ3n) is 2.63. The monoisotopic (exact) mass is 323 g/mol. The highest BCUT2D eigenvalue weighted by molar-refractivity contribution is 9.10. The molecule has 2 aromatic carbocycles. The van der Waals surface area contributed by atoms with Gasteiger partial charge in [-0.05, 0) is 42.8 Å². The molecule has 0 aliphatic heterocycles. The van der Waals surface area contributed by atoms with Crippen molar-refractivity contribution in [3.8, 4) is 5.75 Å². The summed E-state index contributed by atoms with van der Waals surface area (Å²) in [5.74, 6) is -1.52. The Morgan fingerprint density at radius 2 is 2.00 bits per heavy atom. The zero-order valence-electron chi connectivity index (χ0n) is 10.1. The predicted octanol–water partition coefficient (Wildman–Crippen LogP) is 3.85. The first kappa shape index (κ1) is 13.5. The fraction of sp³-hybridized carbons (Fsp3) is 0.0714. The molecule has 2 rings (SSSR count). The van der Waals surface area contributed by atoms with Crippen molar-refractivity contribution in [1.82, 2.24) is 0 Å². The first-order chi connectivity index (χ1) is 8.97. The summed E-state index contributed by atoms with van der Waals surface area (Å²) in [7, 11) is 0. The first-order valence-electron chi connectivity index (χ1n) is 5.53. The Kier molecular flexibility index (Phi) is 3.85. The topological polar surface area (TPSA) is 49.3 Å². The van der Waals surface area contributed by atoms with Crippen LogP contribution in [0.25, 0.3) is 0 Å².